The fourth-order valence-electron chi connectivity index (χ4n) is 2.86. The largest absolute Gasteiger partial charge is 0.419 e. The lowest BCUT2D eigenvalue weighted by molar-refractivity contribution is -0.137. The van der Waals surface area contributed by atoms with Crippen molar-refractivity contribution in [1.82, 2.24) is 15.0 Å². The van der Waals surface area contributed by atoms with Crippen LogP contribution in [-0.4, -0.2) is 27.9 Å². The minimum Gasteiger partial charge on any atom is -0.383 e. The van der Waals surface area contributed by atoms with Crippen LogP contribution in [0.5, 0.6) is 0 Å². The van der Waals surface area contributed by atoms with E-state index in [4.69, 9.17) is 5.73 Å². The van der Waals surface area contributed by atoms with Crippen LogP contribution in [0, 0.1) is 0 Å². The molecule has 11 heteroatoms. The second-order valence-electron chi connectivity index (χ2n) is 6.49. The summed E-state index contributed by atoms with van der Waals surface area (Å²) in [5.41, 5.74) is 6.16. The van der Waals surface area contributed by atoms with E-state index in [-0.39, 0.29) is 11.5 Å². The number of pyridine rings is 2. The van der Waals surface area contributed by atoms with Gasteiger partial charge in [0.15, 0.2) is 5.13 Å². The third-order valence-corrected chi connectivity index (χ3v) is 5.38. The number of anilines is 3. The predicted molar refractivity (Wildman–Crippen MR) is 114 cm³/mol. The molecule has 4 N–H and O–H groups in total. The van der Waals surface area contributed by atoms with Crippen molar-refractivity contribution < 1.29 is 18.0 Å². The average molecular weight is 444 g/mol. The Bertz CT molecular complexity index is 1270. The summed E-state index contributed by atoms with van der Waals surface area (Å²) in [7, 11) is 1.72. The minimum atomic E-state index is -4.60. The number of hydrogen-bond acceptors (Lipinski definition) is 7. The highest BCUT2D eigenvalue weighted by atomic mass is 32.1. The Morgan fingerprint density at radius 1 is 1.06 bits per heavy atom. The van der Waals surface area contributed by atoms with Crippen molar-refractivity contribution in [2.75, 3.05) is 23.4 Å². The molecule has 31 heavy (non-hydrogen) atoms. The highest BCUT2D eigenvalue weighted by Crippen LogP contribution is 2.36. The Morgan fingerprint density at radius 3 is 2.55 bits per heavy atom. The summed E-state index contributed by atoms with van der Waals surface area (Å²) in [5.74, 6) is -0.306. The second kappa shape index (κ2) is 7.84. The molecular formula is C20H15F3N6OS. The molecular weight excluding hydrogens is 429 g/mol. The van der Waals surface area contributed by atoms with E-state index in [0.29, 0.717) is 32.3 Å². The van der Waals surface area contributed by atoms with Crippen LogP contribution in [0.1, 0.15) is 15.9 Å². The summed E-state index contributed by atoms with van der Waals surface area (Å²) in [6, 6.07) is 9.28. The second-order valence-corrected chi connectivity index (χ2v) is 7.52. The number of hydrogen-bond donors (Lipinski definition) is 3. The van der Waals surface area contributed by atoms with E-state index in [1.807, 2.05) is 0 Å². The predicted octanol–water partition coefficient (Wildman–Crippen LogP) is 4.65. The maximum absolute atomic E-state index is 13.1. The molecule has 3 aromatic heterocycles. The van der Waals surface area contributed by atoms with Crippen LogP contribution < -0.4 is 16.4 Å². The molecule has 0 spiro atoms. The summed E-state index contributed by atoms with van der Waals surface area (Å²) in [4.78, 5) is 24.5. The highest BCUT2D eigenvalue weighted by molar-refractivity contribution is 7.22. The van der Waals surface area contributed by atoms with Gasteiger partial charge in [0.25, 0.3) is 5.91 Å². The number of alkyl halides is 3. The zero-order valence-electron chi connectivity index (χ0n) is 16.0. The smallest absolute Gasteiger partial charge is 0.383 e. The van der Waals surface area contributed by atoms with Gasteiger partial charge in [0, 0.05) is 25.0 Å². The first-order valence-corrected chi connectivity index (χ1v) is 9.75. The van der Waals surface area contributed by atoms with Crippen molar-refractivity contribution in [2.24, 2.45) is 0 Å². The molecule has 1 amide bonds. The molecule has 0 saturated heterocycles. The average Bonchev–Trinajstić information content (AvgIpc) is 3.14. The van der Waals surface area contributed by atoms with Gasteiger partial charge in [-0.05, 0) is 35.9 Å². The van der Waals surface area contributed by atoms with Gasteiger partial charge in [0.05, 0.1) is 21.3 Å². The van der Waals surface area contributed by atoms with Crippen molar-refractivity contribution in [3.63, 3.8) is 0 Å². The molecule has 0 aliphatic heterocycles. The van der Waals surface area contributed by atoms with E-state index in [9.17, 15) is 18.0 Å². The SMILES string of the molecule is CNc1ccc(C(=O)Nc2nc3ccc(-c4cnc(N)c(C(F)(F)F)c4)cc3s2)cn1. The molecule has 1 aromatic carbocycles. The molecule has 0 saturated carbocycles. The molecule has 0 radical (unpaired) electrons. The molecule has 4 rings (SSSR count). The van der Waals surface area contributed by atoms with Crippen LogP contribution in [-0.2, 0) is 6.18 Å². The molecule has 0 atom stereocenters. The van der Waals surface area contributed by atoms with Crippen LogP contribution in [0.25, 0.3) is 21.3 Å². The maximum Gasteiger partial charge on any atom is 0.419 e. The number of nitrogens with zero attached hydrogens (tertiary/aromatic N) is 3. The lowest BCUT2D eigenvalue weighted by Gasteiger charge is -2.11. The van der Waals surface area contributed by atoms with Gasteiger partial charge < -0.3 is 11.1 Å². The molecule has 0 unspecified atom stereocenters. The van der Waals surface area contributed by atoms with E-state index >= 15 is 0 Å². The normalized spacial score (nSPS) is 11.5. The van der Waals surface area contributed by atoms with Crippen molar-refractivity contribution in [2.45, 2.75) is 6.18 Å². The number of rotatable bonds is 4. The number of halogens is 3. The fourth-order valence-corrected chi connectivity index (χ4v) is 3.76. The zero-order chi connectivity index (χ0) is 22.2. The summed E-state index contributed by atoms with van der Waals surface area (Å²) in [6.45, 7) is 0. The number of amides is 1. The number of nitrogens with two attached hydrogens (primary N) is 1. The first kappa shape index (κ1) is 20.5. The molecule has 3 heterocycles. The van der Waals surface area contributed by atoms with Crippen molar-refractivity contribution in [3.05, 3.63) is 59.9 Å². The van der Waals surface area contributed by atoms with Gasteiger partial charge in [-0.25, -0.2) is 15.0 Å². The zero-order valence-corrected chi connectivity index (χ0v) is 16.8. The minimum absolute atomic E-state index is 0.276. The van der Waals surface area contributed by atoms with Gasteiger partial charge in [-0.3, -0.25) is 10.1 Å². The number of carbonyl (C=O) groups excluding carboxylic acids is 1. The van der Waals surface area contributed by atoms with Gasteiger partial charge in [-0.2, -0.15) is 13.2 Å². The first-order chi connectivity index (χ1) is 14.7. The van der Waals surface area contributed by atoms with Gasteiger partial charge in [-0.1, -0.05) is 17.4 Å². The van der Waals surface area contributed by atoms with Crippen molar-refractivity contribution >= 4 is 44.2 Å². The van der Waals surface area contributed by atoms with E-state index in [2.05, 4.69) is 25.6 Å². The quantitative estimate of drug-likeness (QED) is 0.423. The number of aromatic nitrogens is 3. The Kier molecular flexibility index (Phi) is 5.19. The van der Waals surface area contributed by atoms with E-state index in [1.54, 1.807) is 37.4 Å². The van der Waals surface area contributed by atoms with E-state index in [0.717, 1.165) is 6.07 Å². The Hall–Kier alpha value is -3.73. The molecule has 0 bridgehead atoms. The Labute approximate surface area is 178 Å². The van der Waals surface area contributed by atoms with E-state index < -0.39 is 17.6 Å². The highest BCUT2D eigenvalue weighted by Gasteiger charge is 2.34. The van der Waals surface area contributed by atoms with Crippen LogP contribution in [0.4, 0.5) is 29.9 Å². The number of fused-ring (bicyclic) bond motifs is 1. The fraction of sp³-hybridized carbons (Fsp3) is 0.100. The number of thiazole rings is 1. The third kappa shape index (κ3) is 4.26. The van der Waals surface area contributed by atoms with Gasteiger partial charge in [0.1, 0.15) is 11.6 Å². The lowest BCUT2D eigenvalue weighted by atomic mass is 10.1. The number of nitrogens with one attached hydrogen (secondary N) is 2. The maximum atomic E-state index is 13.1. The van der Waals surface area contributed by atoms with Crippen LogP contribution >= 0.6 is 11.3 Å². The van der Waals surface area contributed by atoms with Gasteiger partial charge in [0.2, 0.25) is 0 Å². The summed E-state index contributed by atoms with van der Waals surface area (Å²) >= 11 is 1.21. The first-order valence-electron chi connectivity index (χ1n) is 8.93. The Morgan fingerprint density at radius 2 is 1.87 bits per heavy atom. The Balaban J connectivity index is 1.60. The van der Waals surface area contributed by atoms with Crippen molar-refractivity contribution in [1.29, 1.82) is 0 Å². The number of benzene rings is 1. The van der Waals surface area contributed by atoms with Crippen LogP contribution in [0.15, 0.2) is 48.8 Å². The summed E-state index contributed by atoms with van der Waals surface area (Å²) < 4.78 is 40.1. The number of nitrogen functional groups attached to an aromatic ring is 1. The van der Waals surface area contributed by atoms with E-state index in [1.165, 1.54) is 23.7 Å². The van der Waals surface area contributed by atoms with Crippen molar-refractivity contribution in [3.8, 4) is 11.1 Å². The van der Waals surface area contributed by atoms with Crippen LogP contribution in [0.2, 0.25) is 0 Å². The molecule has 0 aliphatic carbocycles. The molecule has 0 aliphatic rings. The standard InChI is InChI=1S/C20H15F3N6OS/c1-25-16-5-3-11(8-26-16)18(30)29-19-28-14-4-2-10(7-15(14)31-19)12-6-13(20(21,22)23)17(24)27-9-12/h2-9H,1H3,(H2,24,27)(H,25,26)(H,28,29,30). The monoisotopic (exact) mass is 444 g/mol. The third-order valence-electron chi connectivity index (χ3n) is 4.45. The van der Waals surface area contributed by atoms with Crippen LogP contribution in [0.3, 0.4) is 0 Å². The van der Waals surface area contributed by atoms with Gasteiger partial charge >= 0.3 is 6.18 Å². The molecule has 4 aromatic rings. The van der Waals surface area contributed by atoms with Gasteiger partial charge in [-0.15, -0.1) is 0 Å². The topological polar surface area (TPSA) is 106 Å². The summed E-state index contributed by atoms with van der Waals surface area (Å²) in [5, 5.41) is 5.94. The number of carbonyl (C=O) groups is 1. The summed E-state index contributed by atoms with van der Waals surface area (Å²) in [6.07, 6.45) is -1.87. The molecule has 7 nitrogen and oxygen atoms in total. The molecule has 0 fully saturated rings. The molecule has 158 valence electrons. The lowest BCUT2D eigenvalue weighted by Crippen LogP contribution is -2.12.